The van der Waals surface area contributed by atoms with Crippen LogP contribution in [0.25, 0.3) is 0 Å². The Morgan fingerprint density at radius 3 is 1.81 bits per heavy atom. The van der Waals surface area contributed by atoms with Crippen LogP contribution in [0.15, 0.2) is 0 Å². The van der Waals surface area contributed by atoms with E-state index in [0.29, 0.717) is 0 Å². The molecule has 0 fully saturated rings. The van der Waals surface area contributed by atoms with Crippen LogP contribution in [0.3, 0.4) is 0 Å². The number of carbonyl (C=O) groups excluding carboxylic acids is 4. The first-order valence-corrected chi connectivity index (χ1v) is 7.44. The summed E-state index contributed by atoms with van der Waals surface area (Å²) < 4.78 is 0. The lowest BCUT2D eigenvalue weighted by atomic mass is 10.1. The Balaban J connectivity index is 5.00. The van der Waals surface area contributed by atoms with Gasteiger partial charge in [0.05, 0.1) is 25.5 Å². The molecule has 4 amide bonds. The van der Waals surface area contributed by atoms with Crippen LogP contribution < -0.4 is 27.4 Å². The molecule has 14 nitrogen and oxygen atoms in total. The number of aliphatic hydroxyl groups is 1. The minimum Gasteiger partial charge on any atom is -0.481 e. The summed E-state index contributed by atoms with van der Waals surface area (Å²) in [5.74, 6) is -6.96. The Hall–Kier alpha value is -3.26. The number of carboxylic acid groups (broad SMARTS) is 2. The second-order valence-electron chi connectivity index (χ2n) is 5.29. The normalized spacial score (nSPS) is 13.6. The summed E-state index contributed by atoms with van der Waals surface area (Å²) in [5.41, 5.74) is 10.3. The number of aliphatic hydroxyl groups excluding tert-OH is 1. The molecule has 3 atom stereocenters. The number of carboxylic acids is 2. The van der Waals surface area contributed by atoms with Crippen molar-refractivity contribution in [2.75, 3.05) is 13.2 Å². The Morgan fingerprint density at radius 1 is 0.815 bits per heavy atom. The van der Waals surface area contributed by atoms with Crippen molar-refractivity contribution in [1.29, 1.82) is 0 Å². The predicted octanol–water partition coefficient (Wildman–Crippen LogP) is -5.17. The number of amides is 4. The number of primary amides is 1. The largest absolute Gasteiger partial charge is 0.481 e. The molecule has 3 unspecified atom stereocenters. The van der Waals surface area contributed by atoms with E-state index < -0.39 is 79.7 Å². The SMILES string of the molecule is NC(=O)CC(N)C(=O)NC(CO)C(=O)NC(CC(=O)O)C(=O)NCC(=O)O. The topological polar surface area (TPSA) is 251 Å². The van der Waals surface area contributed by atoms with Crippen LogP contribution in [0.1, 0.15) is 12.8 Å². The number of aliphatic carboxylic acids is 2. The van der Waals surface area contributed by atoms with Crippen molar-refractivity contribution < 1.29 is 44.1 Å². The van der Waals surface area contributed by atoms with Gasteiger partial charge in [0.1, 0.15) is 18.6 Å². The standard InChI is InChI=1S/C13H21N5O9/c14-5(1-8(15)20)11(25)18-7(4-19)13(27)17-6(2-9(21)22)12(26)16-3-10(23)24/h5-7,19H,1-4,14H2,(H2,15,20)(H,16,26)(H,17,27)(H,18,25)(H,21,22)(H,23,24). The fourth-order valence-corrected chi connectivity index (χ4v) is 1.72. The molecule has 0 aromatic carbocycles. The molecule has 0 aromatic heterocycles. The van der Waals surface area contributed by atoms with Crippen LogP contribution in [-0.2, 0) is 28.8 Å². The predicted molar refractivity (Wildman–Crippen MR) is 85.6 cm³/mol. The molecule has 27 heavy (non-hydrogen) atoms. The molecule has 0 spiro atoms. The zero-order valence-electron chi connectivity index (χ0n) is 14.0. The molecule has 0 aliphatic rings. The van der Waals surface area contributed by atoms with Gasteiger partial charge >= 0.3 is 11.9 Å². The average Bonchev–Trinajstić information content (AvgIpc) is 2.55. The summed E-state index contributed by atoms with van der Waals surface area (Å²) >= 11 is 0. The zero-order valence-corrected chi connectivity index (χ0v) is 14.0. The quantitative estimate of drug-likeness (QED) is 0.157. The average molecular weight is 391 g/mol. The summed E-state index contributed by atoms with van der Waals surface area (Å²) in [7, 11) is 0. The van der Waals surface area contributed by atoms with Crippen LogP contribution in [0.2, 0.25) is 0 Å². The van der Waals surface area contributed by atoms with Crippen molar-refractivity contribution in [3.05, 3.63) is 0 Å². The molecule has 14 heteroatoms. The van der Waals surface area contributed by atoms with Gasteiger partial charge in [0.15, 0.2) is 0 Å². The molecule has 0 radical (unpaired) electrons. The first kappa shape index (κ1) is 23.7. The Morgan fingerprint density at radius 2 is 1.37 bits per heavy atom. The highest BCUT2D eigenvalue weighted by atomic mass is 16.4. The molecule has 0 rings (SSSR count). The molecule has 152 valence electrons. The molecule has 0 aliphatic carbocycles. The van der Waals surface area contributed by atoms with Gasteiger partial charge in [-0.1, -0.05) is 0 Å². The number of nitrogens with two attached hydrogens (primary N) is 2. The molecule has 0 bridgehead atoms. The van der Waals surface area contributed by atoms with Crippen LogP contribution in [0.5, 0.6) is 0 Å². The monoisotopic (exact) mass is 391 g/mol. The molecular weight excluding hydrogens is 370 g/mol. The third kappa shape index (κ3) is 9.71. The lowest BCUT2D eigenvalue weighted by Crippen LogP contribution is -2.57. The van der Waals surface area contributed by atoms with E-state index in [2.05, 4.69) is 0 Å². The Kier molecular flexibility index (Phi) is 10.0. The number of nitrogens with one attached hydrogen (secondary N) is 3. The Labute approximate surface area is 152 Å². The smallest absolute Gasteiger partial charge is 0.322 e. The third-order valence-corrected chi connectivity index (χ3v) is 3.00. The highest BCUT2D eigenvalue weighted by Gasteiger charge is 2.29. The molecule has 0 aromatic rings. The van der Waals surface area contributed by atoms with E-state index in [1.807, 2.05) is 16.0 Å². The number of rotatable bonds is 12. The second kappa shape index (κ2) is 11.4. The lowest BCUT2D eigenvalue weighted by molar-refractivity contribution is -0.141. The number of carbonyl (C=O) groups is 6. The van der Waals surface area contributed by atoms with Gasteiger partial charge in [-0.3, -0.25) is 28.8 Å². The van der Waals surface area contributed by atoms with E-state index in [1.54, 1.807) is 0 Å². The van der Waals surface area contributed by atoms with Crippen molar-refractivity contribution >= 4 is 35.6 Å². The first-order chi connectivity index (χ1) is 12.5. The third-order valence-electron chi connectivity index (χ3n) is 3.00. The minimum absolute atomic E-state index is 0.523. The van der Waals surface area contributed by atoms with Crippen LogP contribution in [0.4, 0.5) is 0 Å². The van der Waals surface area contributed by atoms with Gasteiger partial charge < -0.3 is 42.7 Å². The van der Waals surface area contributed by atoms with Crippen molar-refractivity contribution in [2.45, 2.75) is 31.0 Å². The zero-order chi connectivity index (χ0) is 21.1. The van der Waals surface area contributed by atoms with Gasteiger partial charge in [0.25, 0.3) is 0 Å². The fourth-order valence-electron chi connectivity index (χ4n) is 1.72. The van der Waals surface area contributed by atoms with Crippen molar-refractivity contribution in [3.63, 3.8) is 0 Å². The van der Waals surface area contributed by atoms with Crippen molar-refractivity contribution in [2.24, 2.45) is 11.5 Å². The van der Waals surface area contributed by atoms with E-state index in [1.165, 1.54) is 0 Å². The Bertz CT molecular complexity index is 609. The maximum Gasteiger partial charge on any atom is 0.322 e. The molecule has 0 aliphatic heterocycles. The van der Waals surface area contributed by atoms with E-state index >= 15 is 0 Å². The molecule has 10 N–H and O–H groups in total. The van der Waals surface area contributed by atoms with E-state index in [0.717, 1.165) is 0 Å². The van der Waals surface area contributed by atoms with Crippen LogP contribution >= 0.6 is 0 Å². The van der Waals surface area contributed by atoms with Gasteiger partial charge in [-0.2, -0.15) is 0 Å². The number of hydrogen-bond donors (Lipinski definition) is 8. The lowest BCUT2D eigenvalue weighted by Gasteiger charge is -2.22. The maximum absolute atomic E-state index is 12.1. The van der Waals surface area contributed by atoms with Crippen LogP contribution in [-0.4, -0.2) is 82.2 Å². The van der Waals surface area contributed by atoms with Crippen molar-refractivity contribution in [3.8, 4) is 0 Å². The van der Waals surface area contributed by atoms with E-state index in [-0.39, 0.29) is 0 Å². The van der Waals surface area contributed by atoms with Gasteiger partial charge in [0, 0.05) is 0 Å². The molecule has 0 saturated heterocycles. The molecule has 0 saturated carbocycles. The summed E-state index contributed by atoms with van der Waals surface area (Å²) in [6.45, 7) is -1.75. The summed E-state index contributed by atoms with van der Waals surface area (Å²) in [4.78, 5) is 67.6. The van der Waals surface area contributed by atoms with Gasteiger partial charge in [-0.05, 0) is 0 Å². The molecular formula is C13H21N5O9. The summed E-state index contributed by atoms with van der Waals surface area (Å²) in [6, 6.07) is -4.67. The van der Waals surface area contributed by atoms with Crippen molar-refractivity contribution in [1.82, 2.24) is 16.0 Å². The molecule has 0 heterocycles. The van der Waals surface area contributed by atoms with E-state index in [4.69, 9.17) is 21.7 Å². The number of hydrogen-bond acceptors (Lipinski definition) is 8. The minimum atomic E-state index is -1.67. The summed E-state index contributed by atoms with van der Waals surface area (Å²) in [5, 5.41) is 32.4. The fraction of sp³-hybridized carbons (Fsp3) is 0.538. The summed E-state index contributed by atoms with van der Waals surface area (Å²) in [6.07, 6.45) is -1.41. The van der Waals surface area contributed by atoms with Gasteiger partial charge in [-0.15, -0.1) is 0 Å². The highest BCUT2D eigenvalue weighted by Crippen LogP contribution is 1.97. The van der Waals surface area contributed by atoms with E-state index in [9.17, 15) is 33.9 Å². The maximum atomic E-state index is 12.1. The van der Waals surface area contributed by atoms with Gasteiger partial charge in [0.2, 0.25) is 23.6 Å². The van der Waals surface area contributed by atoms with Gasteiger partial charge in [-0.25, -0.2) is 0 Å². The van der Waals surface area contributed by atoms with Crippen LogP contribution in [0, 0.1) is 0 Å². The second-order valence-corrected chi connectivity index (χ2v) is 5.29. The first-order valence-electron chi connectivity index (χ1n) is 7.44. The highest BCUT2D eigenvalue weighted by molar-refractivity contribution is 5.95.